The Morgan fingerprint density at radius 3 is 2.82 bits per heavy atom. The molecule has 0 aliphatic carbocycles. The van der Waals surface area contributed by atoms with Gasteiger partial charge in [0.25, 0.3) is 0 Å². The number of hydrogen-bond acceptors (Lipinski definition) is 2. The van der Waals surface area contributed by atoms with Crippen molar-refractivity contribution in [3.05, 3.63) is 35.5 Å². The quantitative estimate of drug-likeness (QED) is 0.763. The van der Waals surface area contributed by atoms with Gasteiger partial charge in [-0.05, 0) is 6.07 Å². The second-order valence-corrected chi connectivity index (χ2v) is 4.42. The maximum absolute atomic E-state index is 11.6. The highest BCUT2D eigenvalue weighted by molar-refractivity contribution is 6.03. The van der Waals surface area contributed by atoms with Gasteiger partial charge in [0.15, 0.2) is 0 Å². The van der Waals surface area contributed by atoms with Crippen LogP contribution in [0.3, 0.4) is 0 Å². The summed E-state index contributed by atoms with van der Waals surface area (Å²) >= 11 is 0. The van der Waals surface area contributed by atoms with Crippen LogP contribution in [0.15, 0.2) is 24.4 Å². The average Bonchev–Trinajstić information content (AvgIpc) is 2.71. The minimum absolute atomic E-state index is 0.304. The smallest absolute Gasteiger partial charge is 0.339 e. The largest absolute Gasteiger partial charge is 0.465 e. The number of benzene rings is 1. The van der Waals surface area contributed by atoms with Crippen molar-refractivity contribution >= 4 is 16.9 Å². The molecule has 0 unspecified atom stereocenters. The minimum atomic E-state index is -0.304. The molecule has 0 atom stereocenters. The summed E-state index contributed by atoms with van der Waals surface area (Å²) in [6.45, 7) is 0.921. The van der Waals surface area contributed by atoms with Gasteiger partial charge >= 0.3 is 5.97 Å². The summed E-state index contributed by atoms with van der Waals surface area (Å²) in [6, 6.07) is 5.68. The molecule has 17 heavy (non-hydrogen) atoms. The average molecular weight is 233 g/mol. The van der Waals surface area contributed by atoms with Crippen molar-refractivity contribution in [1.29, 1.82) is 0 Å². The summed E-state index contributed by atoms with van der Waals surface area (Å²) in [6.07, 6.45) is 1.96. The second-order valence-electron chi connectivity index (χ2n) is 4.42. The Hall–Kier alpha value is -1.81. The van der Waals surface area contributed by atoms with Crippen LogP contribution in [0.2, 0.25) is 0 Å². The van der Waals surface area contributed by atoms with Gasteiger partial charge in [0.1, 0.15) is 6.54 Å². The monoisotopic (exact) mass is 233 g/mol. The maximum Gasteiger partial charge on any atom is 0.339 e. The first-order valence-corrected chi connectivity index (χ1v) is 5.59. The lowest BCUT2D eigenvalue weighted by Crippen LogP contribution is -3.04. The van der Waals surface area contributed by atoms with Crippen LogP contribution in [0.25, 0.3) is 10.9 Å². The standard InChI is InChI=1S/C13H16N2O2/c1-15(2)8-9-7-14-12-10(9)5-4-6-11(12)13(16)17-3/h4-7,14H,8H2,1-3H3/p+1. The van der Waals surface area contributed by atoms with Crippen molar-refractivity contribution in [1.82, 2.24) is 4.98 Å². The molecule has 0 spiro atoms. The van der Waals surface area contributed by atoms with Crippen molar-refractivity contribution in [3.8, 4) is 0 Å². The van der Waals surface area contributed by atoms with Gasteiger partial charge in [-0.25, -0.2) is 4.79 Å². The van der Waals surface area contributed by atoms with Crippen molar-refractivity contribution in [2.75, 3.05) is 21.2 Å². The zero-order chi connectivity index (χ0) is 12.4. The predicted octanol–water partition coefficient (Wildman–Crippen LogP) is 0.599. The number of quaternary nitrogens is 1. The lowest BCUT2D eigenvalue weighted by Gasteiger charge is -2.06. The van der Waals surface area contributed by atoms with E-state index in [9.17, 15) is 4.79 Å². The summed E-state index contributed by atoms with van der Waals surface area (Å²) in [5, 5.41) is 1.09. The van der Waals surface area contributed by atoms with Crippen LogP contribution in [0.1, 0.15) is 15.9 Å². The number of carbonyl (C=O) groups excluding carboxylic acids is 1. The molecule has 90 valence electrons. The van der Waals surface area contributed by atoms with E-state index in [1.165, 1.54) is 17.6 Å². The molecule has 0 aliphatic heterocycles. The molecule has 0 saturated carbocycles. The lowest BCUT2D eigenvalue weighted by atomic mass is 10.1. The van der Waals surface area contributed by atoms with Gasteiger partial charge in [0.05, 0.1) is 32.3 Å². The molecule has 2 rings (SSSR count). The number of H-pyrrole nitrogens is 1. The number of nitrogens with one attached hydrogen (secondary N) is 2. The van der Waals surface area contributed by atoms with Crippen molar-refractivity contribution in [3.63, 3.8) is 0 Å². The van der Waals surface area contributed by atoms with Crippen molar-refractivity contribution < 1.29 is 14.4 Å². The van der Waals surface area contributed by atoms with Crippen LogP contribution in [-0.2, 0) is 11.3 Å². The molecule has 4 heteroatoms. The number of carbonyl (C=O) groups is 1. The summed E-state index contributed by atoms with van der Waals surface area (Å²) < 4.78 is 4.77. The van der Waals surface area contributed by atoms with E-state index in [2.05, 4.69) is 19.1 Å². The van der Waals surface area contributed by atoms with Gasteiger partial charge in [-0.2, -0.15) is 0 Å². The third-order valence-corrected chi connectivity index (χ3v) is 2.75. The summed E-state index contributed by atoms with van der Waals surface area (Å²) in [4.78, 5) is 16.1. The topological polar surface area (TPSA) is 46.5 Å². The first kappa shape index (κ1) is 11.7. The zero-order valence-electron chi connectivity index (χ0n) is 10.3. The van der Waals surface area contributed by atoms with E-state index in [0.717, 1.165) is 17.4 Å². The molecule has 0 bridgehead atoms. The van der Waals surface area contributed by atoms with E-state index >= 15 is 0 Å². The fourth-order valence-electron chi connectivity index (χ4n) is 2.02. The molecule has 4 nitrogen and oxygen atoms in total. The predicted molar refractivity (Wildman–Crippen MR) is 66.2 cm³/mol. The van der Waals surface area contributed by atoms with Gasteiger partial charge in [-0.15, -0.1) is 0 Å². The number of hydrogen-bond donors (Lipinski definition) is 2. The third kappa shape index (κ3) is 2.17. The molecule has 0 fully saturated rings. The van der Waals surface area contributed by atoms with Gasteiger partial charge in [0.2, 0.25) is 0 Å². The number of fused-ring (bicyclic) bond motifs is 1. The van der Waals surface area contributed by atoms with Crippen LogP contribution < -0.4 is 4.90 Å². The second kappa shape index (κ2) is 4.59. The molecule has 0 radical (unpaired) electrons. The van der Waals surface area contributed by atoms with Crippen molar-refractivity contribution in [2.45, 2.75) is 6.54 Å². The van der Waals surface area contributed by atoms with E-state index in [1.807, 2.05) is 18.3 Å². The first-order valence-electron chi connectivity index (χ1n) is 5.59. The Balaban J connectivity index is 2.52. The number of aromatic nitrogens is 1. The minimum Gasteiger partial charge on any atom is -0.465 e. The number of ether oxygens (including phenoxy) is 1. The Morgan fingerprint density at radius 1 is 1.41 bits per heavy atom. The van der Waals surface area contributed by atoms with Crippen LogP contribution in [0, 0.1) is 0 Å². The first-order chi connectivity index (χ1) is 8.13. The Morgan fingerprint density at radius 2 is 2.18 bits per heavy atom. The molecule has 1 aromatic carbocycles. The third-order valence-electron chi connectivity index (χ3n) is 2.75. The SMILES string of the molecule is COC(=O)c1cccc2c(C[NH+](C)C)c[nH]c12. The summed E-state index contributed by atoms with van der Waals surface area (Å²) in [5.74, 6) is -0.304. The number of esters is 1. The molecule has 1 aromatic heterocycles. The lowest BCUT2D eigenvalue weighted by molar-refractivity contribution is -0.872. The van der Waals surface area contributed by atoms with Crippen LogP contribution >= 0.6 is 0 Å². The zero-order valence-corrected chi connectivity index (χ0v) is 10.3. The van der Waals surface area contributed by atoms with E-state index in [0.29, 0.717) is 5.56 Å². The Labute approximate surface area is 100 Å². The molecule has 2 aromatic rings. The van der Waals surface area contributed by atoms with Crippen LogP contribution in [0.4, 0.5) is 0 Å². The van der Waals surface area contributed by atoms with Gasteiger partial charge in [-0.1, -0.05) is 12.1 Å². The van der Waals surface area contributed by atoms with Gasteiger partial charge in [0, 0.05) is 17.1 Å². The normalized spacial score (nSPS) is 11.1. The highest BCUT2D eigenvalue weighted by Gasteiger charge is 2.14. The Kier molecular flexibility index (Phi) is 3.15. The fourth-order valence-corrected chi connectivity index (χ4v) is 2.02. The van der Waals surface area contributed by atoms with Gasteiger partial charge in [-0.3, -0.25) is 0 Å². The molecule has 0 amide bonds. The molecular weight excluding hydrogens is 216 g/mol. The van der Waals surface area contributed by atoms with Crippen LogP contribution in [0.5, 0.6) is 0 Å². The van der Waals surface area contributed by atoms with E-state index in [1.54, 1.807) is 6.07 Å². The summed E-state index contributed by atoms with van der Waals surface area (Å²) in [5.41, 5.74) is 2.66. The van der Waals surface area contributed by atoms with E-state index in [4.69, 9.17) is 4.74 Å². The number of para-hydroxylation sites is 1. The number of aromatic amines is 1. The molecular formula is C13H17N2O2+. The van der Waals surface area contributed by atoms with Crippen molar-refractivity contribution in [2.24, 2.45) is 0 Å². The molecule has 2 N–H and O–H groups in total. The van der Waals surface area contributed by atoms with Crippen LogP contribution in [-0.4, -0.2) is 32.2 Å². The highest BCUT2D eigenvalue weighted by atomic mass is 16.5. The number of rotatable bonds is 3. The Bertz CT molecular complexity index is 543. The van der Waals surface area contributed by atoms with Gasteiger partial charge < -0.3 is 14.6 Å². The fraction of sp³-hybridized carbons (Fsp3) is 0.308. The molecule has 1 heterocycles. The number of methoxy groups -OCH3 is 1. The van der Waals surface area contributed by atoms with E-state index in [-0.39, 0.29) is 5.97 Å². The summed E-state index contributed by atoms with van der Waals surface area (Å²) in [7, 11) is 5.60. The highest BCUT2D eigenvalue weighted by Crippen LogP contribution is 2.21. The molecule has 0 aliphatic rings. The molecule has 0 saturated heterocycles. The maximum atomic E-state index is 11.6. The van der Waals surface area contributed by atoms with E-state index < -0.39 is 0 Å².